The molecule has 1 amide bonds. The minimum atomic E-state index is -0.146. The lowest BCUT2D eigenvalue weighted by Crippen LogP contribution is -2.13. The topological polar surface area (TPSA) is 48.1 Å². The largest absolute Gasteiger partial charge is 0.376 e. The minimum absolute atomic E-state index is 0.146. The molecule has 0 spiro atoms. The van der Waals surface area contributed by atoms with Crippen molar-refractivity contribution in [1.29, 1.82) is 0 Å². The van der Waals surface area contributed by atoms with Gasteiger partial charge in [-0.2, -0.15) is 0 Å². The fourth-order valence-corrected chi connectivity index (χ4v) is 2.19. The number of aromatic amines is 1. The molecule has 1 aromatic heterocycles. The van der Waals surface area contributed by atoms with Gasteiger partial charge in [-0.1, -0.05) is 11.6 Å². The number of aromatic nitrogens is 1. The molecule has 0 atom stereocenters. The number of carbonyl (C=O) groups is 1. The maximum absolute atomic E-state index is 12.0. The van der Waals surface area contributed by atoms with Crippen LogP contribution >= 0.6 is 11.6 Å². The van der Waals surface area contributed by atoms with Crippen molar-refractivity contribution in [2.45, 2.75) is 6.92 Å². The van der Waals surface area contributed by atoms with Gasteiger partial charge in [0.1, 0.15) is 0 Å². The maximum atomic E-state index is 12.0. The number of benzene rings is 1. The Balaban J connectivity index is 2.18. The number of nitrogens with one attached hydrogen (secondary N) is 2. The predicted molar refractivity (Wildman–Crippen MR) is 79.3 cm³/mol. The summed E-state index contributed by atoms with van der Waals surface area (Å²) in [5.41, 5.74) is 3.07. The van der Waals surface area contributed by atoms with Gasteiger partial charge in [-0.3, -0.25) is 4.79 Å². The van der Waals surface area contributed by atoms with E-state index in [0.29, 0.717) is 16.3 Å². The van der Waals surface area contributed by atoms with E-state index in [1.54, 1.807) is 18.3 Å². The molecule has 100 valence electrons. The number of H-pyrrole nitrogens is 1. The summed E-state index contributed by atoms with van der Waals surface area (Å²) in [4.78, 5) is 16.9. The highest BCUT2D eigenvalue weighted by Crippen LogP contribution is 2.27. The summed E-state index contributed by atoms with van der Waals surface area (Å²) >= 11 is 6.16. The number of nitrogens with zero attached hydrogens (tertiary/aromatic N) is 1. The highest BCUT2D eigenvalue weighted by molar-refractivity contribution is 6.33. The molecule has 1 aromatic carbocycles. The lowest BCUT2D eigenvalue weighted by Gasteiger charge is -2.15. The molecule has 0 bridgehead atoms. The fourth-order valence-electron chi connectivity index (χ4n) is 1.84. The van der Waals surface area contributed by atoms with Crippen molar-refractivity contribution in [2.75, 3.05) is 24.3 Å². The van der Waals surface area contributed by atoms with Gasteiger partial charge in [-0.15, -0.1) is 0 Å². The van der Waals surface area contributed by atoms with Gasteiger partial charge in [0.25, 0.3) is 5.91 Å². The number of anilines is 2. The first-order valence-electron chi connectivity index (χ1n) is 5.91. The Hall–Kier alpha value is -1.94. The lowest BCUT2D eigenvalue weighted by molar-refractivity contribution is 0.102. The summed E-state index contributed by atoms with van der Waals surface area (Å²) < 4.78 is 0. The van der Waals surface area contributed by atoms with E-state index in [9.17, 15) is 4.79 Å². The van der Waals surface area contributed by atoms with Gasteiger partial charge < -0.3 is 15.2 Å². The third-order valence-electron chi connectivity index (χ3n) is 2.89. The molecule has 0 saturated carbocycles. The lowest BCUT2D eigenvalue weighted by atomic mass is 10.2. The highest BCUT2D eigenvalue weighted by Gasteiger charge is 2.11. The van der Waals surface area contributed by atoms with Crippen molar-refractivity contribution in [2.24, 2.45) is 0 Å². The molecule has 2 aromatic rings. The second-order valence-corrected chi connectivity index (χ2v) is 4.94. The second-order valence-electron chi connectivity index (χ2n) is 4.53. The SMILES string of the molecule is Cc1[nH]ccc1C(=O)Nc1ccc(N(C)C)c(Cl)c1. The van der Waals surface area contributed by atoms with Gasteiger partial charge in [0.05, 0.1) is 16.3 Å². The van der Waals surface area contributed by atoms with Crippen LogP contribution in [0.5, 0.6) is 0 Å². The molecule has 2 N–H and O–H groups in total. The number of hydrogen-bond donors (Lipinski definition) is 2. The van der Waals surface area contributed by atoms with Crippen molar-refractivity contribution < 1.29 is 4.79 Å². The molecule has 0 aliphatic carbocycles. The molecular formula is C14H16ClN3O. The molecule has 2 rings (SSSR count). The highest BCUT2D eigenvalue weighted by atomic mass is 35.5. The smallest absolute Gasteiger partial charge is 0.257 e. The first kappa shape index (κ1) is 13.5. The zero-order valence-corrected chi connectivity index (χ0v) is 11.9. The number of amides is 1. The molecule has 19 heavy (non-hydrogen) atoms. The molecule has 5 heteroatoms. The van der Waals surface area contributed by atoms with Crippen LogP contribution in [0.15, 0.2) is 30.5 Å². The van der Waals surface area contributed by atoms with Crippen LogP contribution in [-0.4, -0.2) is 25.0 Å². The van der Waals surface area contributed by atoms with E-state index in [1.807, 2.05) is 38.1 Å². The third kappa shape index (κ3) is 2.90. The van der Waals surface area contributed by atoms with Crippen LogP contribution < -0.4 is 10.2 Å². The molecule has 0 fully saturated rings. The van der Waals surface area contributed by atoms with Crippen molar-refractivity contribution >= 4 is 28.9 Å². The van der Waals surface area contributed by atoms with E-state index in [4.69, 9.17) is 11.6 Å². The number of halogens is 1. The zero-order valence-electron chi connectivity index (χ0n) is 11.1. The zero-order chi connectivity index (χ0) is 14.0. The van der Waals surface area contributed by atoms with Gasteiger partial charge in [0.2, 0.25) is 0 Å². The number of aryl methyl sites for hydroxylation is 1. The van der Waals surface area contributed by atoms with Crippen molar-refractivity contribution in [3.63, 3.8) is 0 Å². The van der Waals surface area contributed by atoms with Crippen LogP contribution in [0, 0.1) is 6.92 Å². The van der Waals surface area contributed by atoms with E-state index in [1.165, 1.54) is 0 Å². The van der Waals surface area contributed by atoms with Crippen molar-refractivity contribution in [1.82, 2.24) is 4.98 Å². The van der Waals surface area contributed by atoms with Crippen LogP contribution in [0.1, 0.15) is 16.1 Å². The van der Waals surface area contributed by atoms with Gasteiger partial charge in [0, 0.05) is 31.7 Å². The molecule has 1 heterocycles. The second kappa shape index (κ2) is 5.36. The van der Waals surface area contributed by atoms with Crippen LogP contribution in [0.4, 0.5) is 11.4 Å². The summed E-state index contributed by atoms with van der Waals surface area (Å²) in [7, 11) is 3.84. The maximum Gasteiger partial charge on any atom is 0.257 e. The summed E-state index contributed by atoms with van der Waals surface area (Å²) in [5, 5.41) is 3.44. The molecule has 0 aliphatic rings. The van der Waals surface area contributed by atoms with Gasteiger partial charge in [-0.25, -0.2) is 0 Å². The summed E-state index contributed by atoms with van der Waals surface area (Å²) in [5.74, 6) is -0.146. The van der Waals surface area contributed by atoms with Gasteiger partial charge in [-0.05, 0) is 31.2 Å². The van der Waals surface area contributed by atoms with Crippen molar-refractivity contribution in [3.8, 4) is 0 Å². The number of rotatable bonds is 3. The Kier molecular flexibility index (Phi) is 3.81. The Morgan fingerprint density at radius 1 is 1.32 bits per heavy atom. The summed E-state index contributed by atoms with van der Waals surface area (Å²) in [6, 6.07) is 7.21. The first-order chi connectivity index (χ1) is 8.99. The van der Waals surface area contributed by atoms with Gasteiger partial charge in [0.15, 0.2) is 0 Å². The van der Waals surface area contributed by atoms with Crippen molar-refractivity contribution in [3.05, 3.63) is 46.7 Å². The molecule has 0 saturated heterocycles. The molecule has 0 radical (unpaired) electrons. The van der Waals surface area contributed by atoms with Crippen LogP contribution in [0.3, 0.4) is 0 Å². The normalized spacial score (nSPS) is 10.3. The fraction of sp³-hybridized carbons (Fsp3) is 0.214. The molecule has 0 aliphatic heterocycles. The predicted octanol–water partition coefficient (Wildman–Crippen LogP) is 3.29. The Morgan fingerprint density at radius 2 is 2.05 bits per heavy atom. The Bertz CT molecular complexity index is 604. The monoisotopic (exact) mass is 277 g/mol. The average Bonchev–Trinajstić information content (AvgIpc) is 2.75. The number of carbonyl (C=O) groups excluding carboxylic acids is 1. The van der Waals surface area contributed by atoms with E-state index in [-0.39, 0.29) is 5.91 Å². The Morgan fingerprint density at radius 3 is 2.58 bits per heavy atom. The van der Waals surface area contributed by atoms with E-state index >= 15 is 0 Å². The minimum Gasteiger partial charge on any atom is -0.376 e. The van der Waals surface area contributed by atoms with E-state index < -0.39 is 0 Å². The van der Waals surface area contributed by atoms with E-state index in [2.05, 4.69) is 10.3 Å². The van der Waals surface area contributed by atoms with Crippen LogP contribution in [0.2, 0.25) is 5.02 Å². The van der Waals surface area contributed by atoms with Crippen LogP contribution in [-0.2, 0) is 0 Å². The Labute approximate surface area is 117 Å². The summed E-state index contributed by atoms with van der Waals surface area (Å²) in [6.07, 6.45) is 1.74. The van der Waals surface area contributed by atoms with Gasteiger partial charge >= 0.3 is 0 Å². The van der Waals surface area contributed by atoms with Crippen LogP contribution in [0.25, 0.3) is 0 Å². The van der Waals surface area contributed by atoms with E-state index in [0.717, 1.165) is 11.4 Å². The first-order valence-corrected chi connectivity index (χ1v) is 6.29. The molecular weight excluding hydrogens is 262 g/mol. The molecule has 4 nitrogen and oxygen atoms in total. The summed E-state index contributed by atoms with van der Waals surface area (Å²) in [6.45, 7) is 1.86. The average molecular weight is 278 g/mol. The number of hydrogen-bond acceptors (Lipinski definition) is 2. The third-order valence-corrected chi connectivity index (χ3v) is 3.19. The quantitative estimate of drug-likeness (QED) is 0.904. The molecule has 0 unspecified atom stereocenters. The standard InChI is InChI=1S/C14H16ClN3O/c1-9-11(6-7-16-9)14(19)17-10-4-5-13(18(2)3)12(15)8-10/h4-8,16H,1-3H3,(H,17,19).